The number of fused-ring (bicyclic) bond motifs is 18. The van der Waals surface area contributed by atoms with Crippen molar-refractivity contribution in [2.75, 3.05) is 4.90 Å². The number of anilines is 3. The highest BCUT2D eigenvalue weighted by Crippen LogP contribution is 2.59. The zero-order valence-electron chi connectivity index (χ0n) is 52.4. The summed E-state index contributed by atoms with van der Waals surface area (Å²) in [5, 5.41) is 14.4. The van der Waals surface area contributed by atoms with Crippen LogP contribution in [-0.2, 0) is 27.1 Å². The molecule has 4 heterocycles. The molecule has 0 spiro atoms. The van der Waals surface area contributed by atoms with E-state index in [2.05, 4.69) is 293 Å². The van der Waals surface area contributed by atoms with E-state index < -0.39 is 5.41 Å². The molecule has 428 valence electrons. The predicted octanol–water partition coefficient (Wildman–Crippen LogP) is 21.8. The van der Waals surface area contributed by atoms with E-state index in [0.29, 0.717) is 17.8 Å². The van der Waals surface area contributed by atoms with Crippen LogP contribution in [0.1, 0.15) is 130 Å². The maximum absolute atomic E-state index is 7.33. The van der Waals surface area contributed by atoms with Crippen LogP contribution in [0.15, 0.2) is 182 Å². The molecule has 0 saturated heterocycles. The molecule has 16 rings (SSSR count). The van der Waals surface area contributed by atoms with Gasteiger partial charge in [-0.3, -0.25) is 14.0 Å². The molecule has 0 atom stereocenters. The average Bonchev–Trinajstić information content (AvgIpc) is 1.64. The maximum Gasteiger partial charge on any atom is 0.241 e. The lowest BCUT2D eigenvalue weighted by molar-refractivity contribution is 0.476. The molecule has 0 fully saturated rings. The molecule has 7 heteroatoms. The van der Waals surface area contributed by atoms with Gasteiger partial charge in [0.1, 0.15) is 0 Å². The predicted molar refractivity (Wildman–Crippen MR) is 366 cm³/mol. The van der Waals surface area contributed by atoms with Gasteiger partial charge in [-0.1, -0.05) is 194 Å². The fourth-order valence-electron chi connectivity index (χ4n) is 14.3. The first kappa shape index (κ1) is 53.2. The van der Waals surface area contributed by atoms with Crippen LogP contribution in [0.25, 0.3) is 110 Å². The third-order valence-corrected chi connectivity index (χ3v) is 19.3. The zero-order valence-corrected chi connectivity index (χ0v) is 52.4. The van der Waals surface area contributed by atoms with Crippen LogP contribution in [0.4, 0.5) is 17.3 Å². The lowest BCUT2D eigenvalue weighted by atomic mass is 9.81. The molecular weight excluding hydrogens is 1060 g/mol. The van der Waals surface area contributed by atoms with Crippen LogP contribution in [-0.4, -0.2) is 24.1 Å². The molecule has 0 bridgehead atoms. The standard InChI is InChI=1S/C80H72N6O/c1-76(2,3)47-27-31-65-59(37-47)60-38-48(77(4,5)6)28-32-66(60)84(65)73-81-74(85-67-33-29-49(78(7,8)9)39-61(67)62-40-50(79(10,11)12)30-34-68(62)85)83-75(82-73)86-69-35-45-21-15-16-22-46(45)36-71(69)87-72-43-58-57-41-55-53-25-19-17-23-51(53)52-24-18-20-26-54(52)56(55)42-63(57)80(13,14)64(58)44-70(72)86/h15-44H,1-14H3. The number of aromatic nitrogens is 5. The van der Waals surface area contributed by atoms with Crippen LogP contribution in [0.3, 0.4) is 0 Å². The Labute approximate surface area is 508 Å². The molecule has 3 aromatic heterocycles. The van der Waals surface area contributed by atoms with E-state index in [1.54, 1.807) is 0 Å². The molecule has 2 aliphatic rings. The quantitative estimate of drug-likeness (QED) is 0.165. The first-order valence-electron chi connectivity index (χ1n) is 30.9. The monoisotopic (exact) mass is 1130 g/mol. The van der Waals surface area contributed by atoms with E-state index >= 15 is 0 Å². The molecule has 0 unspecified atom stereocenters. The highest BCUT2D eigenvalue weighted by atomic mass is 16.5. The van der Waals surface area contributed by atoms with Gasteiger partial charge in [-0.15, -0.1) is 0 Å². The van der Waals surface area contributed by atoms with Crippen molar-refractivity contribution in [1.82, 2.24) is 24.1 Å². The Balaban J connectivity index is 1.01. The SMILES string of the molecule is CC(C)(C)c1ccc2c(c1)c1cc(C(C)(C)C)ccc1n2-c1nc(N2c3cc4c(cc3Oc3cc5ccccc5cc32)-c2cc3c5ccccc5c5ccccc5c3cc2C4(C)C)nc(-n2c3ccc(C(C)(C)C)cc3c3cc(C(C)(C)C)ccc32)n1. The molecule has 14 aromatic rings. The normalized spacial score (nSPS) is 14.3. The molecule has 11 aromatic carbocycles. The second kappa shape index (κ2) is 17.9. The van der Waals surface area contributed by atoms with Crippen molar-refractivity contribution in [2.45, 2.75) is 124 Å². The molecular formula is C80H72N6O. The summed E-state index contributed by atoms with van der Waals surface area (Å²) in [6, 6.07) is 68.1. The fourth-order valence-corrected chi connectivity index (χ4v) is 14.3. The van der Waals surface area contributed by atoms with Gasteiger partial charge in [0.2, 0.25) is 17.8 Å². The van der Waals surface area contributed by atoms with Gasteiger partial charge in [0.25, 0.3) is 0 Å². The van der Waals surface area contributed by atoms with E-state index in [0.717, 1.165) is 82.8 Å². The largest absolute Gasteiger partial charge is 0.453 e. The van der Waals surface area contributed by atoms with Gasteiger partial charge in [0.15, 0.2) is 11.5 Å². The third-order valence-electron chi connectivity index (χ3n) is 19.3. The summed E-state index contributed by atoms with van der Waals surface area (Å²) >= 11 is 0. The maximum atomic E-state index is 7.33. The van der Waals surface area contributed by atoms with Crippen LogP contribution in [0, 0.1) is 0 Å². The van der Waals surface area contributed by atoms with Crippen molar-refractivity contribution in [3.8, 4) is 34.5 Å². The van der Waals surface area contributed by atoms with Crippen LogP contribution >= 0.6 is 0 Å². The number of benzene rings is 11. The van der Waals surface area contributed by atoms with Crippen molar-refractivity contribution in [2.24, 2.45) is 0 Å². The third kappa shape index (κ3) is 7.96. The van der Waals surface area contributed by atoms with E-state index in [9.17, 15) is 0 Å². The average molecular weight is 1130 g/mol. The van der Waals surface area contributed by atoms with Crippen molar-refractivity contribution in [3.05, 3.63) is 215 Å². The highest BCUT2D eigenvalue weighted by Gasteiger charge is 2.41. The Bertz CT molecular complexity index is 5020. The molecule has 0 N–H and O–H groups in total. The lowest BCUT2D eigenvalue weighted by Gasteiger charge is -2.33. The van der Waals surface area contributed by atoms with Crippen LogP contribution in [0.2, 0.25) is 0 Å². The second-order valence-electron chi connectivity index (χ2n) is 29.5. The number of rotatable bonds is 3. The topological polar surface area (TPSA) is 61.0 Å². The summed E-state index contributed by atoms with van der Waals surface area (Å²) in [5.74, 6) is 2.97. The van der Waals surface area contributed by atoms with Crippen molar-refractivity contribution in [3.63, 3.8) is 0 Å². The van der Waals surface area contributed by atoms with Gasteiger partial charge in [0, 0.05) is 27.0 Å². The smallest absolute Gasteiger partial charge is 0.241 e. The number of hydrogen-bond acceptors (Lipinski definition) is 5. The first-order valence-corrected chi connectivity index (χ1v) is 30.9. The van der Waals surface area contributed by atoms with Gasteiger partial charge in [0.05, 0.1) is 33.4 Å². The van der Waals surface area contributed by atoms with E-state index in [1.165, 1.54) is 71.3 Å². The summed E-state index contributed by atoms with van der Waals surface area (Å²) in [6.07, 6.45) is 0. The van der Waals surface area contributed by atoms with E-state index in [1.807, 2.05) is 0 Å². The Morgan fingerprint density at radius 1 is 0.322 bits per heavy atom. The fraction of sp³-hybridized carbons (Fsp3) is 0.237. The minimum Gasteiger partial charge on any atom is -0.453 e. The summed E-state index contributed by atoms with van der Waals surface area (Å²) in [7, 11) is 0. The number of nitrogens with zero attached hydrogens (tertiary/aromatic N) is 6. The summed E-state index contributed by atoms with van der Waals surface area (Å²) in [4.78, 5) is 19.7. The van der Waals surface area contributed by atoms with Gasteiger partial charge in [-0.05, 0) is 194 Å². The van der Waals surface area contributed by atoms with E-state index in [4.69, 9.17) is 19.7 Å². The first-order chi connectivity index (χ1) is 41.4. The zero-order chi connectivity index (χ0) is 60.2. The molecule has 0 saturated carbocycles. The Morgan fingerprint density at radius 3 is 1.10 bits per heavy atom. The van der Waals surface area contributed by atoms with Gasteiger partial charge >= 0.3 is 0 Å². The summed E-state index contributed by atoms with van der Waals surface area (Å²) in [6.45, 7) is 32.3. The molecule has 87 heavy (non-hydrogen) atoms. The molecule has 7 nitrogen and oxygen atoms in total. The van der Waals surface area contributed by atoms with E-state index in [-0.39, 0.29) is 21.7 Å². The van der Waals surface area contributed by atoms with Gasteiger partial charge in [-0.2, -0.15) is 15.0 Å². The van der Waals surface area contributed by atoms with Crippen molar-refractivity contribution in [1.29, 1.82) is 0 Å². The van der Waals surface area contributed by atoms with Gasteiger partial charge < -0.3 is 4.74 Å². The Morgan fingerprint density at radius 2 is 0.667 bits per heavy atom. The van der Waals surface area contributed by atoms with Crippen LogP contribution < -0.4 is 9.64 Å². The Kier molecular flexibility index (Phi) is 10.9. The minimum atomic E-state index is -0.396. The molecule has 1 aliphatic heterocycles. The molecule has 0 radical (unpaired) electrons. The second-order valence-corrected chi connectivity index (χ2v) is 29.5. The van der Waals surface area contributed by atoms with Crippen molar-refractivity contribution < 1.29 is 4.74 Å². The summed E-state index contributed by atoms with van der Waals surface area (Å²) < 4.78 is 11.9. The van der Waals surface area contributed by atoms with Gasteiger partial charge in [-0.25, -0.2) is 0 Å². The molecule has 1 aliphatic carbocycles. The molecule has 0 amide bonds. The number of hydrogen-bond donors (Lipinski definition) is 0. The van der Waals surface area contributed by atoms with Crippen LogP contribution in [0.5, 0.6) is 11.5 Å². The highest BCUT2D eigenvalue weighted by molar-refractivity contribution is 6.26. The number of ether oxygens (including phenoxy) is 1. The minimum absolute atomic E-state index is 0.0817. The lowest BCUT2D eigenvalue weighted by Crippen LogP contribution is -2.22. The van der Waals surface area contributed by atoms with Crippen molar-refractivity contribution >= 4 is 104 Å². The summed E-state index contributed by atoms with van der Waals surface area (Å²) in [5.41, 5.74) is 15.0. The Hall–Kier alpha value is -9.33.